The van der Waals surface area contributed by atoms with Crippen LogP contribution in [0.3, 0.4) is 0 Å². The standard InChI is InChI=1S/C22H21ClN6O2/c1-28(22(30)14-5-4-6-15(23)11-14)16-8-10-31-18(12-16)21-25-20(26-27-21)17-13-24-19-7-2-3-9-29(17)19/h2-7,9,11,13,16,18H,8,10,12H2,1H3,(H,25,26,27)/t16-,18+/m1/s1. The summed E-state index contributed by atoms with van der Waals surface area (Å²) in [6.45, 7) is 0.536. The molecule has 1 aliphatic rings. The van der Waals surface area contributed by atoms with Gasteiger partial charge in [-0.3, -0.25) is 14.3 Å². The predicted octanol–water partition coefficient (Wildman–Crippen LogP) is 3.77. The van der Waals surface area contributed by atoms with Crippen LogP contribution in [0.4, 0.5) is 0 Å². The molecule has 0 saturated carbocycles. The molecule has 4 aromatic rings. The van der Waals surface area contributed by atoms with Crippen molar-refractivity contribution < 1.29 is 9.53 Å². The molecule has 1 amide bonds. The fourth-order valence-electron chi connectivity index (χ4n) is 3.94. The summed E-state index contributed by atoms with van der Waals surface area (Å²) in [5.74, 6) is 1.15. The number of hydrogen-bond donors (Lipinski definition) is 1. The Bertz CT molecular complexity index is 1240. The molecule has 31 heavy (non-hydrogen) atoms. The normalized spacial score (nSPS) is 18.9. The lowest BCUT2D eigenvalue weighted by molar-refractivity contribution is -0.0238. The Hall–Kier alpha value is -3.23. The minimum atomic E-state index is -0.270. The first-order chi connectivity index (χ1) is 15.1. The van der Waals surface area contributed by atoms with Crippen LogP contribution < -0.4 is 0 Å². The van der Waals surface area contributed by atoms with Gasteiger partial charge in [0.1, 0.15) is 17.4 Å². The maximum Gasteiger partial charge on any atom is 0.253 e. The molecule has 1 saturated heterocycles. The third kappa shape index (κ3) is 3.80. The van der Waals surface area contributed by atoms with Crippen molar-refractivity contribution in [3.8, 4) is 11.5 Å². The van der Waals surface area contributed by atoms with Gasteiger partial charge in [-0.05, 0) is 36.8 Å². The number of amides is 1. The number of nitrogens with one attached hydrogen (secondary N) is 1. The number of nitrogens with zero attached hydrogens (tertiary/aromatic N) is 5. The number of ether oxygens (including phenoxy) is 1. The first-order valence-corrected chi connectivity index (χ1v) is 10.5. The highest BCUT2D eigenvalue weighted by Crippen LogP contribution is 2.30. The number of carbonyl (C=O) groups excluding carboxylic acids is 1. The van der Waals surface area contributed by atoms with Gasteiger partial charge in [0.05, 0.1) is 6.20 Å². The van der Waals surface area contributed by atoms with E-state index in [0.29, 0.717) is 35.3 Å². The average molecular weight is 437 g/mol. The van der Waals surface area contributed by atoms with E-state index in [2.05, 4.69) is 20.2 Å². The van der Waals surface area contributed by atoms with Gasteiger partial charge in [-0.2, -0.15) is 5.10 Å². The van der Waals surface area contributed by atoms with Crippen molar-refractivity contribution in [3.63, 3.8) is 0 Å². The van der Waals surface area contributed by atoms with Crippen LogP contribution in [-0.2, 0) is 4.74 Å². The summed E-state index contributed by atoms with van der Waals surface area (Å²) in [5.41, 5.74) is 2.21. The lowest BCUT2D eigenvalue weighted by atomic mass is 10.0. The Balaban J connectivity index is 1.33. The fraction of sp³-hybridized carbons (Fsp3) is 0.273. The molecule has 1 aromatic carbocycles. The molecule has 0 unspecified atom stereocenters. The van der Waals surface area contributed by atoms with E-state index >= 15 is 0 Å². The van der Waals surface area contributed by atoms with E-state index in [0.717, 1.165) is 17.8 Å². The highest BCUT2D eigenvalue weighted by molar-refractivity contribution is 6.30. The largest absolute Gasteiger partial charge is 0.370 e. The van der Waals surface area contributed by atoms with Crippen molar-refractivity contribution in [1.29, 1.82) is 0 Å². The Morgan fingerprint density at radius 3 is 3.06 bits per heavy atom. The molecule has 0 spiro atoms. The molecular formula is C22H21ClN6O2. The van der Waals surface area contributed by atoms with Gasteiger partial charge < -0.3 is 9.64 Å². The molecule has 5 rings (SSSR count). The van der Waals surface area contributed by atoms with Crippen molar-refractivity contribution in [2.24, 2.45) is 0 Å². The van der Waals surface area contributed by atoms with E-state index in [-0.39, 0.29) is 18.1 Å². The Morgan fingerprint density at radius 1 is 1.29 bits per heavy atom. The van der Waals surface area contributed by atoms with Crippen molar-refractivity contribution in [3.05, 3.63) is 71.3 Å². The van der Waals surface area contributed by atoms with Crippen LogP contribution in [-0.4, -0.2) is 55.1 Å². The van der Waals surface area contributed by atoms with E-state index in [9.17, 15) is 4.79 Å². The van der Waals surface area contributed by atoms with Crippen LogP contribution in [0, 0.1) is 0 Å². The van der Waals surface area contributed by atoms with Gasteiger partial charge in [0.25, 0.3) is 5.91 Å². The highest BCUT2D eigenvalue weighted by Gasteiger charge is 2.31. The monoisotopic (exact) mass is 436 g/mol. The minimum Gasteiger partial charge on any atom is -0.370 e. The van der Waals surface area contributed by atoms with Gasteiger partial charge >= 0.3 is 0 Å². The van der Waals surface area contributed by atoms with Crippen LogP contribution in [0.25, 0.3) is 17.2 Å². The summed E-state index contributed by atoms with van der Waals surface area (Å²) in [4.78, 5) is 23.7. The molecule has 0 radical (unpaired) electrons. The molecule has 1 aliphatic heterocycles. The summed E-state index contributed by atoms with van der Waals surface area (Å²) in [5, 5.41) is 7.93. The number of aromatic amines is 1. The van der Waals surface area contributed by atoms with Crippen LogP contribution in [0.15, 0.2) is 54.9 Å². The molecule has 1 fully saturated rings. The van der Waals surface area contributed by atoms with Gasteiger partial charge in [0, 0.05) is 42.9 Å². The number of H-pyrrole nitrogens is 1. The lowest BCUT2D eigenvalue weighted by Crippen LogP contribution is -2.41. The van der Waals surface area contributed by atoms with Gasteiger partial charge in [0.15, 0.2) is 11.6 Å². The number of hydrogen-bond acceptors (Lipinski definition) is 5. The van der Waals surface area contributed by atoms with Gasteiger partial charge in [-0.15, -0.1) is 0 Å². The SMILES string of the molecule is CN(C(=O)c1cccc(Cl)c1)[C@@H]1CCO[C@H](c2nc(-c3cnc4ccccn34)n[nH]2)C1. The highest BCUT2D eigenvalue weighted by atomic mass is 35.5. The zero-order valence-electron chi connectivity index (χ0n) is 16.9. The van der Waals surface area contributed by atoms with E-state index in [1.807, 2.05) is 35.8 Å². The molecule has 0 aliphatic carbocycles. The summed E-state index contributed by atoms with van der Waals surface area (Å²) >= 11 is 6.05. The number of imidazole rings is 1. The number of pyridine rings is 1. The number of rotatable bonds is 4. The Kier molecular flexibility index (Phi) is 5.17. The maximum absolute atomic E-state index is 12.9. The van der Waals surface area contributed by atoms with Crippen LogP contribution in [0.2, 0.25) is 5.02 Å². The maximum atomic E-state index is 12.9. The number of fused-ring (bicyclic) bond motifs is 1. The van der Waals surface area contributed by atoms with Crippen LogP contribution >= 0.6 is 11.6 Å². The molecule has 4 heterocycles. The first kappa shape index (κ1) is 19.7. The topological polar surface area (TPSA) is 88.4 Å². The van der Waals surface area contributed by atoms with E-state index in [4.69, 9.17) is 16.3 Å². The number of carbonyl (C=O) groups is 1. The summed E-state index contributed by atoms with van der Waals surface area (Å²) in [6, 6.07) is 12.8. The molecule has 9 heteroatoms. The molecule has 0 bridgehead atoms. The third-order valence-electron chi connectivity index (χ3n) is 5.65. The van der Waals surface area contributed by atoms with E-state index in [1.165, 1.54) is 0 Å². The molecule has 8 nitrogen and oxygen atoms in total. The van der Waals surface area contributed by atoms with Gasteiger partial charge in [0.2, 0.25) is 0 Å². The number of aromatic nitrogens is 5. The van der Waals surface area contributed by atoms with E-state index < -0.39 is 0 Å². The fourth-order valence-corrected chi connectivity index (χ4v) is 4.13. The quantitative estimate of drug-likeness (QED) is 0.526. The lowest BCUT2D eigenvalue weighted by Gasteiger charge is -2.34. The van der Waals surface area contributed by atoms with Crippen LogP contribution in [0.1, 0.15) is 35.1 Å². The average Bonchev–Trinajstić information content (AvgIpc) is 3.45. The molecule has 2 atom stereocenters. The second-order valence-corrected chi connectivity index (χ2v) is 8.02. The Labute approximate surface area is 183 Å². The molecule has 1 N–H and O–H groups in total. The summed E-state index contributed by atoms with van der Waals surface area (Å²) in [6.07, 6.45) is 4.80. The molecular weight excluding hydrogens is 416 g/mol. The zero-order chi connectivity index (χ0) is 21.4. The second kappa shape index (κ2) is 8.13. The predicted molar refractivity (Wildman–Crippen MR) is 116 cm³/mol. The van der Waals surface area contributed by atoms with Crippen molar-refractivity contribution in [2.75, 3.05) is 13.7 Å². The summed E-state index contributed by atoms with van der Waals surface area (Å²) in [7, 11) is 1.82. The summed E-state index contributed by atoms with van der Waals surface area (Å²) < 4.78 is 7.89. The van der Waals surface area contributed by atoms with E-state index in [1.54, 1.807) is 35.4 Å². The van der Waals surface area contributed by atoms with Crippen LogP contribution in [0.5, 0.6) is 0 Å². The number of benzene rings is 1. The van der Waals surface area contributed by atoms with Gasteiger partial charge in [-0.25, -0.2) is 9.97 Å². The van der Waals surface area contributed by atoms with Crippen molar-refractivity contribution in [1.82, 2.24) is 29.5 Å². The zero-order valence-corrected chi connectivity index (χ0v) is 17.7. The molecule has 158 valence electrons. The molecule has 3 aromatic heterocycles. The Morgan fingerprint density at radius 2 is 2.19 bits per heavy atom. The second-order valence-electron chi connectivity index (χ2n) is 7.58. The van der Waals surface area contributed by atoms with Gasteiger partial charge in [-0.1, -0.05) is 23.7 Å². The third-order valence-corrected chi connectivity index (χ3v) is 5.88. The smallest absolute Gasteiger partial charge is 0.253 e. The first-order valence-electron chi connectivity index (χ1n) is 10.1. The van der Waals surface area contributed by atoms with Crippen molar-refractivity contribution in [2.45, 2.75) is 25.0 Å². The minimum absolute atomic E-state index is 0.0228. The number of halogens is 1. The van der Waals surface area contributed by atoms with Crippen molar-refractivity contribution >= 4 is 23.2 Å².